The van der Waals surface area contributed by atoms with E-state index in [4.69, 9.17) is 0 Å². The van der Waals surface area contributed by atoms with Crippen LogP contribution in [0.15, 0.2) is 146 Å². The van der Waals surface area contributed by atoms with E-state index in [0.717, 1.165) is 0 Å². The molecule has 46 heavy (non-hydrogen) atoms. The maximum Gasteiger partial charge on any atom is 0.0449 e. The minimum Gasteiger partial charge on any atom is -0.134 e. The first-order valence-electron chi connectivity index (χ1n) is 14.7. The SMILES string of the molecule is Ic1ccc(-c2ccc(-c3ccc(-c4ccc(-c5ccc(-c6ccc(-c7ccc(-c8ccc(I)cc8)cc7)s6)s5)s4)s3)cc2)cc1. The summed E-state index contributed by atoms with van der Waals surface area (Å²) in [7, 11) is 0. The summed E-state index contributed by atoms with van der Waals surface area (Å²) >= 11 is 12.2. The van der Waals surface area contributed by atoms with Gasteiger partial charge < -0.3 is 0 Å². The molecule has 0 unspecified atom stereocenters. The smallest absolute Gasteiger partial charge is 0.0449 e. The Morgan fingerprint density at radius 2 is 0.413 bits per heavy atom. The molecule has 0 amide bonds. The number of benzene rings is 4. The Hall–Kier alpha value is -2.86. The van der Waals surface area contributed by atoms with Gasteiger partial charge in [0.15, 0.2) is 0 Å². The molecule has 222 valence electrons. The summed E-state index contributed by atoms with van der Waals surface area (Å²) in [5.74, 6) is 0. The molecule has 0 radical (unpaired) electrons. The van der Waals surface area contributed by atoms with Crippen molar-refractivity contribution in [3.8, 4) is 72.4 Å². The quantitative estimate of drug-likeness (QED) is 0.140. The van der Waals surface area contributed by atoms with Crippen molar-refractivity contribution in [3.63, 3.8) is 0 Å². The van der Waals surface area contributed by atoms with Gasteiger partial charge in [-0.25, -0.2) is 0 Å². The van der Waals surface area contributed by atoms with Gasteiger partial charge >= 0.3 is 0 Å². The van der Waals surface area contributed by atoms with Crippen LogP contribution >= 0.6 is 90.5 Å². The van der Waals surface area contributed by atoms with Crippen molar-refractivity contribution >= 4 is 90.5 Å². The van der Waals surface area contributed by atoms with E-state index >= 15 is 0 Å². The predicted molar refractivity (Wildman–Crippen MR) is 221 cm³/mol. The average Bonchev–Trinajstić information content (AvgIpc) is 3.92. The van der Waals surface area contributed by atoms with Crippen molar-refractivity contribution in [2.24, 2.45) is 0 Å². The lowest BCUT2D eigenvalue weighted by molar-refractivity contribution is 1.59. The average molecular weight is 887 g/mol. The summed E-state index contributed by atoms with van der Waals surface area (Å²) in [6.45, 7) is 0. The highest BCUT2D eigenvalue weighted by molar-refractivity contribution is 14.1. The second-order valence-corrected chi connectivity index (χ2v) is 17.7. The normalized spacial score (nSPS) is 11.3. The summed E-state index contributed by atoms with van der Waals surface area (Å²) in [5.41, 5.74) is 7.54. The van der Waals surface area contributed by atoms with Crippen LogP contribution in [0.2, 0.25) is 0 Å². The highest BCUT2D eigenvalue weighted by Gasteiger charge is 2.13. The van der Waals surface area contributed by atoms with Crippen LogP contribution in [0.4, 0.5) is 0 Å². The molecule has 0 aliphatic carbocycles. The molecule has 0 atom stereocenters. The zero-order valence-electron chi connectivity index (χ0n) is 24.2. The van der Waals surface area contributed by atoms with E-state index in [9.17, 15) is 0 Å². The Kier molecular flexibility index (Phi) is 8.83. The first kappa shape index (κ1) is 30.5. The molecule has 0 N–H and O–H groups in total. The highest BCUT2D eigenvalue weighted by Crippen LogP contribution is 2.45. The molecule has 0 aliphatic heterocycles. The molecular formula is C40H24I2S4. The molecule has 8 aromatic rings. The lowest BCUT2D eigenvalue weighted by atomic mass is 10.0. The number of halogens is 2. The maximum absolute atomic E-state index is 2.35. The van der Waals surface area contributed by atoms with Gasteiger partial charge in [-0.1, -0.05) is 72.8 Å². The van der Waals surface area contributed by atoms with Crippen molar-refractivity contribution < 1.29 is 0 Å². The van der Waals surface area contributed by atoms with E-state index in [1.165, 1.54) is 79.5 Å². The van der Waals surface area contributed by atoms with E-state index in [1.807, 2.05) is 45.3 Å². The van der Waals surface area contributed by atoms with Crippen molar-refractivity contribution in [3.05, 3.63) is 153 Å². The fourth-order valence-corrected chi connectivity index (χ4v) is 10.4. The Morgan fingerprint density at radius 1 is 0.217 bits per heavy atom. The van der Waals surface area contributed by atoms with Gasteiger partial charge in [0.2, 0.25) is 0 Å². The van der Waals surface area contributed by atoms with Crippen LogP contribution in [-0.4, -0.2) is 0 Å². The van der Waals surface area contributed by atoms with Crippen molar-refractivity contribution in [1.82, 2.24) is 0 Å². The number of thiophene rings is 4. The summed E-state index contributed by atoms with van der Waals surface area (Å²) < 4.78 is 2.52. The summed E-state index contributed by atoms with van der Waals surface area (Å²) in [6.07, 6.45) is 0. The fraction of sp³-hybridized carbons (Fsp3) is 0. The van der Waals surface area contributed by atoms with Gasteiger partial charge in [0.05, 0.1) is 0 Å². The molecule has 0 bridgehead atoms. The highest BCUT2D eigenvalue weighted by atomic mass is 127. The van der Waals surface area contributed by atoms with E-state index in [-0.39, 0.29) is 0 Å². The molecule has 4 aromatic heterocycles. The molecule has 6 heteroatoms. The van der Waals surface area contributed by atoms with Gasteiger partial charge in [0, 0.05) is 46.2 Å². The lowest BCUT2D eigenvalue weighted by Crippen LogP contribution is -1.79. The van der Waals surface area contributed by atoms with Crippen LogP contribution in [0.1, 0.15) is 0 Å². The van der Waals surface area contributed by atoms with Gasteiger partial charge in [-0.05, 0) is 151 Å². The van der Waals surface area contributed by atoms with Gasteiger partial charge in [-0.15, -0.1) is 45.3 Å². The minimum atomic E-state index is 1.25. The Morgan fingerprint density at radius 3 is 0.696 bits per heavy atom. The summed E-state index contributed by atoms with van der Waals surface area (Å²) in [4.78, 5) is 10.5. The van der Waals surface area contributed by atoms with E-state index in [2.05, 4.69) is 191 Å². The predicted octanol–water partition coefficient (Wildman–Crippen LogP) is 14.8. The molecule has 0 aliphatic rings. The third-order valence-corrected chi connectivity index (χ3v) is 14.3. The van der Waals surface area contributed by atoms with E-state index in [0.29, 0.717) is 0 Å². The van der Waals surface area contributed by atoms with Crippen LogP contribution < -0.4 is 0 Å². The van der Waals surface area contributed by atoms with E-state index < -0.39 is 0 Å². The van der Waals surface area contributed by atoms with Crippen LogP contribution in [0.25, 0.3) is 72.4 Å². The topological polar surface area (TPSA) is 0 Å². The molecular weight excluding hydrogens is 863 g/mol. The van der Waals surface area contributed by atoms with Gasteiger partial charge in [0.1, 0.15) is 0 Å². The first-order valence-corrected chi connectivity index (χ1v) is 20.1. The van der Waals surface area contributed by atoms with Gasteiger partial charge in [0.25, 0.3) is 0 Å². The molecule has 0 fully saturated rings. The van der Waals surface area contributed by atoms with Gasteiger partial charge in [-0.2, -0.15) is 0 Å². The third kappa shape index (κ3) is 6.48. The lowest BCUT2D eigenvalue weighted by Gasteiger charge is -2.04. The van der Waals surface area contributed by atoms with E-state index in [1.54, 1.807) is 0 Å². The third-order valence-electron chi connectivity index (χ3n) is 7.85. The molecule has 0 saturated carbocycles. The van der Waals surface area contributed by atoms with Crippen LogP contribution in [-0.2, 0) is 0 Å². The zero-order chi connectivity index (χ0) is 31.0. The Labute approximate surface area is 312 Å². The van der Waals surface area contributed by atoms with Crippen LogP contribution in [0.3, 0.4) is 0 Å². The maximum atomic E-state index is 2.35. The van der Waals surface area contributed by atoms with Crippen LogP contribution in [0.5, 0.6) is 0 Å². The molecule has 4 heterocycles. The molecule has 0 nitrogen and oxygen atoms in total. The standard InChI is InChI=1S/C40H24I2S4/c41-31-13-9-27(10-14-31)25-1-5-29(6-2-25)33-17-19-35(43-33)37-21-23-39(45-37)40-24-22-38(46-40)36-20-18-34(44-36)30-7-3-26(4-8-30)28-11-15-32(42)16-12-28/h1-24H. The van der Waals surface area contributed by atoms with Crippen LogP contribution in [0, 0.1) is 7.14 Å². The van der Waals surface area contributed by atoms with Crippen molar-refractivity contribution in [2.45, 2.75) is 0 Å². The summed E-state index contributed by atoms with van der Waals surface area (Å²) in [5, 5.41) is 0. The number of hydrogen-bond donors (Lipinski definition) is 0. The van der Waals surface area contributed by atoms with Crippen molar-refractivity contribution in [1.29, 1.82) is 0 Å². The number of rotatable bonds is 7. The number of hydrogen-bond acceptors (Lipinski definition) is 4. The molecule has 4 aromatic carbocycles. The second kappa shape index (κ2) is 13.3. The zero-order valence-corrected chi connectivity index (χ0v) is 31.8. The minimum absolute atomic E-state index is 1.25. The second-order valence-electron chi connectivity index (χ2n) is 10.8. The van der Waals surface area contributed by atoms with Crippen molar-refractivity contribution in [2.75, 3.05) is 0 Å². The first-order chi connectivity index (χ1) is 22.6. The van der Waals surface area contributed by atoms with Gasteiger partial charge in [-0.3, -0.25) is 0 Å². The molecule has 8 rings (SSSR count). The molecule has 0 spiro atoms. The molecule has 0 saturated heterocycles. The fourth-order valence-electron chi connectivity index (χ4n) is 5.39. The monoisotopic (exact) mass is 886 g/mol. The Balaban J connectivity index is 0.961. The Bertz CT molecular complexity index is 2080. The largest absolute Gasteiger partial charge is 0.134 e. The summed E-state index contributed by atoms with van der Waals surface area (Å²) in [6, 6.07) is 53.4.